The van der Waals surface area contributed by atoms with Crippen LogP contribution < -0.4 is 4.72 Å². The Bertz CT molecular complexity index is 525. The Morgan fingerprint density at radius 1 is 1.67 bits per heavy atom. The SMILES string of the molecule is CC1OCCC1(C)NS(=O)(=O)c1cc(CO)cs1. The summed E-state index contributed by atoms with van der Waals surface area (Å²) in [6.07, 6.45) is 0.510. The van der Waals surface area contributed by atoms with Crippen LogP contribution in [0.25, 0.3) is 0 Å². The second-order valence-corrected chi connectivity index (χ2v) is 7.54. The smallest absolute Gasteiger partial charge is 0.250 e. The lowest BCUT2D eigenvalue weighted by Gasteiger charge is -2.28. The average Bonchev–Trinajstić information content (AvgIpc) is 2.87. The third-order valence-corrected chi connectivity index (χ3v) is 6.43. The number of hydrogen-bond acceptors (Lipinski definition) is 5. The van der Waals surface area contributed by atoms with Crippen LogP contribution >= 0.6 is 11.3 Å². The minimum Gasteiger partial charge on any atom is -0.392 e. The van der Waals surface area contributed by atoms with Crippen LogP contribution in [-0.4, -0.2) is 31.8 Å². The van der Waals surface area contributed by atoms with E-state index in [4.69, 9.17) is 9.84 Å². The normalized spacial score (nSPS) is 28.7. The molecule has 1 aliphatic heterocycles. The van der Waals surface area contributed by atoms with Crippen LogP contribution in [0.5, 0.6) is 0 Å². The number of rotatable bonds is 4. The molecule has 5 nitrogen and oxygen atoms in total. The maximum atomic E-state index is 12.2. The fraction of sp³-hybridized carbons (Fsp3) is 0.636. The summed E-state index contributed by atoms with van der Waals surface area (Å²) in [4.78, 5) is 0. The lowest BCUT2D eigenvalue weighted by atomic mass is 9.97. The average molecular weight is 291 g/mol. The maximum Gasteiger partial charge on any atom is 0.250 e. The Morgan fingerprint density at radius 3 is 2.89 bits per heavy atom. The van der Waals surface area contributed by atoms with Crippen molar-refractivity contribution >= 4 is 21.4 Å². The summed E-state index contributed by atoms with van der Waals surface area (Å²) in [6, 6.07) is 1.50. The van der Waals surface area contributed by atoms with Gasteiger partial charge in [-0.1, -0.05) is 0 Å². The van der Waals surface area contributed by atoms with Crippen molar-refractivity contribution in [2.75, 3.05) is 6.61 Å². The topological polar surface area (TPSA) is 75.6 Å². The highest BCUT2D eigenvalue weighted by atomic mass is 32.2. The quantitative estimate of drug-likeness (QED) is 0.870. The van der Waals surface area contributed by atoms with E-state index in [-0.39, 0.29) is 16.9 Å². The van der Waals surface area contributed by atoms with Gasteiger partial charge < -0.3 is 9.84 Å². The molecule has 0 radical (unpaired) electrons. The number of thiophene rings is 1. The largest absolute Gasteiger partial charge is 0.392 e. The van der Waals surface area contributed by atoms with Crippen molar-refractivity contribution in [3.63, 3.8) is 0 Å². The van der Waals surface area contributed by atoms with E-state index < -0.39 is 15.6 Å². The third-order valence-electron chi connectivity index (χ3n) is 3.33. The van der Waals surface area contributed by atoms with Gasteiger partial charge in [0, 0.05) is 6.61 Å². The molecule has 1 aromatic heterocycles. The first-order valence-electron chi connectivity index (χ1n) is 5.71. The molecule has 1 aliphatic rings. The van der Waals surface area contributed by atoms with Crippen LogP contribution in [0.4, 0.5) is 0 Å². The minimum absolute atomic E-state index is 0.149. The number of aliphatic hydroxyl groups is 1. The van der Waals surface area contributed by atoms with Crippen molar-refractivity contribution in [2.24, 2.45) is 0 Å². The molecule has 1 aromatic rings. The molecule has 2 rings (SSSR count). The van der Waals surface area contributed by atoms with Crippen molar-refractivity contribution in [3.8, 4) is 0 Å². The molecule has 2 unspecified atom stereocenters. The van der Waals surface area contributed by atoms with Gasteiger partial charge in [0.2, 0.25) is 0 Å². The summed E-state index contributed by atoms with van der Waals surface area (Å²) < 4.78 is 32.8. The fourth-order valence-corrected chi connectivity index (χ4v) is 4.60. The number of sulfonamides is 1. The Hall–Kier alpha value is -0.470. The third kappa shape index (κ3) is 2.60. The molecule has 7 heteroatoms. The van der Waals surface area contributed by atoms with Gasteiger partial charge in [-0.15, -0.1) is 11.3 Å². The Labute approximate surface area is 111 Å². The van der Waals surface area contributed by atoms with E-state index in [1.54, 1.807) is 5.38 Å². The second-order valence-electron chi connectivity index (χ2n) is 4.72. The van der Waals surface area contributed by atoms with Gasteiger partial charge in [-0.2, -0.15) is 0 Å². The van der Waals surface area contributed by atoms with Crippen molar-refractivity contribution in [1.82, 2.24) is 4.72 Å². The van der Waals surface area contributed by atoms with Crippen molar-refractivity contribution in [3.05, 3.63) is 17.0 Å². The minimum atomic E-state index is -3.55. The Balaban J connectivity index is 2.22. The summed E-state index contributed by atoms with van der Waals surface area (Å²) in [6.45, 7) is 4.13. The molecule has 0 saturated carbocycles. The highest BCUT2D eigenvalue weighted by Gasteiger charge is 2.40. The maximum absolute atomic E-state index is 12.2. The first-order valence-corrected chi connectivity index (χ1v) is 8.07. The summed E-state index contributed by atoms with van der Waals surface area (Å²) >= 11 is 1.11. The second kappa shape index (κ2) is 4.90. The zero-order valence-corrected chi connectivity index (χ0v) is 12.0. The molecular formula is C11H17NO4S2. The molecule has 2 N–H and O–H groups in total. The van der Waals surface area contributed by atoms with Crippen molar-refractivity contribution in [1.29, 1.82) is 0 Å². The summed E-state index contributed by atoms with van der Waals surface area (Å²) in [5, 5.41) is 10.6. The molecule has 1 fully saturated rings. The molecule has 0 aliphatic carbocycles. The predicted octanol–water partition coefficient (Wildman–Crippen LogP) is 1.09. The van der Waals surface area contributed by atoms with E-state index in [0.717, 1.165) is 11.3 Å². The van der Waals surface area contributed by atoms with Gasteiger partial charge in [0.1, 0.15) is 4.21 Å². The molecule has 102 valence electrons. The van der Waals surface area contributed by atoms with E-state index in [0.29, 0.717) is 18.6 Å². The zero-order chi connectivity index (χ0) is 13.4. The summed E-state index contributed by atoms with van der Waals surface area (Å²) in [5.74, 6) is 0. The number of ether oxygens (including phenoxy) is 1. The molecule has 2 heterocycles. The zero-order valence-electron chi connectivity index (χ0n) is 10.3. The van der Waals surface area contributed by atoms with Gasteiger partial charge in [0.05, 0.1) is 18.2 Å². The van der Waals surface area contributed by atoms with Crippen molar-refractivity contribution in [2.45, 2.75) is 42.7 Å². The lowest BCUT2D eigenvalue weighted by molar-refractivity contribution is 0.0957. The van der Waals surface area contributed by atoms with Gasteiger partial charge in [-0.3, -0.25) is 0 Å². The number of nitrogens with one attached hydrogen (secondary N) is 1. The van der Waals surface area contributed by atoms with E-state index in [1.165, 1.54) is 6.07 Å². The van der Waals surface area contributed by atoms with E-state index >= 15 is 0 Å². The van der Waals surface area contributed by atoms with E-state index in [1.807, 2.05) is 13.8 Å². The van der Waals surface area contributed by atoms with Gasteiger partial charge in [-0.05, 0) is 37.3 Å². The molecule has 2 atom stereocenters. The van der Waals surface area contributed by atoms with E-state index in [2.05, 4.69) is 4.72 Å². The number of aliphatic hydroxyl groups excluding tert-OH is 1. The van der Waals surface area contributed by atoms with Crippen LogP contribution in [-0.2, 0) is 21.4 Å². The van der Waals surface area contributed by atoms with Gasteiger partial charge >= 0.3 is 0 Å². The van der Waals surface area contributed by atoms with Crippen LogP contribution in [0.15, 0.2) is 15.7 Å². The van der Waals surface area contributed by atoms with Crippen molar-refractivity contribution < 1.29 is 18.3 Å². The first-order chi connectivity index (χ1) is 8.37. The van der Waals surface area contributed by atoms with Gasteiger partial charge in [0.25, 0.3) is 10.0 Å². The number of hydrogen-bond donors (Lipinski definition) is 2. The molecular weight excluding hydrogens is 274 g/mol. The van der Waals surface area contributed by atoms with Crippen LogP contribution in [0.1, 0.15) is 25.8 Å². The monoisotopic (exact) mass is 291 g/mol. The van der Waals surface area contributed by atoms with Crippen LogP contribution in [0.3, 0.4) is 0 Å². The molecule has 0 aromatic carbocycles. The van der Waals surface area contributed by atoms with E-state index in [9.17, 15) is 8.42 Å². The van der Waals surface area contributed by atoms with Crippen LogP contribution in [0.2, 0.25) is 0 Å². The highest BCUT2D eigenvalue weighted by molar-refractivity contribution is 7.91. The highest BCUT2D eigenvalue weighted by Crippen LogP contribution is 2.29. The Morgan fingerprint density at radius 2 is 2.39 bits per heavy atom. The van der Waals surface area contributed by atoms with Gasteiger partial charge in [0.15, 0.2) is 0 Å². The predicted molar refractivity (Wildman–Crippen MR) is 69.0 cm³/mol. The summed E-state index contributed by atoms with van der Waals surface area (Å²) in [7, 11) is -3.55. The molecule has 0 bridgehead atoms. The van der Waals surface area contributed by atoms with Crippen LogP contribution in [0, 0.1) is 0 Å². The molecule has 1 saturated heterocycles. The molecule has 0 amide bonds. The lowest BCUT2D eigenvalue weighted by Crippen LogP contribution is -2.50. The standard InChI is InChI=1S/C11H17NO4S2/c1-8-11(2,3-4-16-8)12-18(14,15)10-5-9(6-13)7-17-10/h5,7-8,12-13H,3-4,6H2,1-2H3. The molecule has 18 heavy (non-hydrogen) atoms. The van der Waals surface area contributed by atoms with Gasteiger partial charge in [-0.25, -0.2) is 13.1 Å². The first kappa shape index (κ1) is 14.0. The Kier molecular flexibility index (Phi) is 3.80. The fourth-order valence-electron chi connectivity index (χ4n) is 1.90. The summed E-state index contributed by atoms with van der Waals surface area (Å²) in [5.41, 5.74) is 0.0450. The molecule has 0 spiro atoms.